The van der Waals surface area contributed by atoms with Crippen LogP contribution in [0.5, 0.6) is 0 Å². The first-order valence-electron chi connectivity index (χ1n) is 9.96. The molecule has 4 heterocycles. The second-order valence-electron chi connectivity index (χ2n) is 7.44. The third-order valence-electron chi connectivity index (χ3n) is 5.40. The number of carbonyl (C=O) groups is 1. The molecule has 1 aliphatic heterocycles. The first-order valence-corrected chi connectivity index (χ1v) is 10.8. The first-order chi connectivity index (χ1) is 14.7. The highest BCUT2D eigenvalue weighted by Gasteiger charge is 2.24. The maximum absolute atomic E-state index is 13.1. The fourth-order valence-electron chi connectivity index (χ4n) is 3.78. The number of fused-ring (bicyclic) bond motifs is 1. The third-order valence-corrected chi connectivity index (χ3v) is 6.53. The van der Waals surface area contributed by atoms with Crippen LogP contribution in [0.2, 0.25) is 0 Å². The van der Waals surface area contributed by atoms with Gasteiger partial charge in [-0.1, -0.05) is 18.2 Å². The SMILES string of the molecule is O=C(c1ccc(-c2ccc(F)cc2)s1)N1CCN(Cc2cn3ccccc3n2)CC1. The number of amides is 1. The lowest BCUT2D eigenvalue weighted by molar-refractivity contribution is 0.0632. The van der Waals surface area contributed by atoms with E-state index in [1.54, 1.807) is 12.1 Å². The van der Waals surface area contributed by atoms with E-state index in [1.807, 2.05) is 45.8 Å². The van der Waals surface area contributed by atoms with Crippen LogP contribution in [0.1, 0.15) is 15.4 Å². The molecule has 1 fully saturated rings. The van der Waals surface area contributed by atoms with Crippen LogP contribution in [-0.2, 0) is 6.54 Å². The van der Waals surface area contributed by atoms with Crippen molar-refractivity contribution in [1.29, 1.82) is 0 Å². The number of carbonyl (C=O) groups excluding carboxylic acids is 1. The number of thiophene rings is 1. The molecule has 30 heavy (non-hydrogen) atoms. The molecule has 7 heteroatoms. The Morgan fingerprint density at radius 3 is 2.57 bits per heavy atom. The van der Waals surface area contributed by atoms with Gasteiger partial charge in [-0.15, -0.1) is 11.3 Å². The molecule has 0 spiro atoms. The first kappa shape index (κ1) is 19.0. The van der Waals surface area contributed by atoms with E-state index in [0.29, 0.717) is 13.1 Å². The molecule has 0 atom stereocenters. The lowest BCUT2D eigenvalue weighted by Gasteiger charge is -2.34. The quantitative estimate of drug-likeness (QED) is 0.498. The average molecular weight is 421 g/mol. The summed E-state index contributed by atoms with van der Waals surface area (Å²) in [7, 11) is 0. The Balaban J connectivity index is 1.20. The molecular formula is C23H21FN4OS. The van der Waals surface area contributed by atoms with Crippen LogP contribution in [0.4, 0.5) is 4.39 Å². The molecule has 1 aromatic carbocycles. The number of benzene rings is 1. The largest absolute Gasteiger partial charge is 0.335 e. The number of rotatable bonds is 4. The molecule has 1 aliphatic rings. The second-order valence-corrected chi connectivity index (χ2v) is 8.52. The Kier molecular flexibility index (Phi) is 5.06. The minimum atomic E-state index is -0.256. The van der Waals surface area contributed by atoms with Crippen molar-refractivity contribution in [2.75, 3.05) is 26.2 Å². The van der Waals surface area contributed by atoms with E-state index in [-0.39, 0.29) is 11.7 Å². The number of piperazine rings is 1. The highest BCUT2D eigenvalue weighted by Crippen LogP contribution is 2.29. The van der Waals surface area contributed by atoms with Crippen molar-refractivity contribution in [2.24, 2.45) is 0 Å². The summed E-state index contributed by atoms with van der Waals surface area (Å²) in [5.74, 6) is -0.186. The van der Waals surface area contributed by atoms with Gasteiger partial charge in [-0.2, -0.15) is 0 Å². The molecule has 152 valence electrons. The molecule has 1 saturated heterocycles. The lowest BCUT2D eigenvalue weighted by atomic mass is 10.2. The van der Waals surface area contributed by atoms with Crippen LogP contribution in [0, 0.1) is 5.82 Å². The van der Waals surface area contributed by atoms with Gasteiger partial charge in [-0.25, -0.2) is 9.37 Å². The highest BCUT2D eigenvalue weighted by molar-refractivity contribution is 7.17. The molecule has 0 unspecified atom stereocenters. The molecule has 0 N–H and O–H groups in total. The zero-order valence-corrected chi connectivity index (χ0v) is 17.2. The number of hydrogen-bond acceptors (Lipinski definition) is 4. The fraction of sp³-hybridized carbons (Fsp3) is 0.217. The molecule has 0 bridgehead atoms. The summed E-state index contributed by atoms with van der Waals surface area (Å²) in [5, 5.41) is 0. The minimum Gasteiger partial charge on any atom is -0.335 e. The van der Waals surface area contributed by atoms with E-state index in [1.165, 1.54) is 23.5 Å². The highest BCUT2D eigenvalue weighted by atomic mass is 32.1. The van der Waals surface area contributed by atoms with E-state index >= 15 is 0 Å². The van der Waals surface area contributed by atoms with Crippen LogP contribution in [-0.4, -0.2) is 51.3 Å². The number of halogens is 1. The van der Waals surface area contributed by atoms with Crippen LogP contribution in [0.3, 0.4) is 0 Å². The normalized spacial score (nSPS) is 15.0. The Bertz CT molecular complexity index is 1140. The van der Waals surface area contributed by atoms with Gasteiger partial charge in [0.05, 0.1) is 10.6 Å². The zero-order chi connectivity index (χ0) is 20.5. The van der Waals surface area contributed by atoms with Crippen molar-refractivity contribution < 1.29 is 9.18 Å². The number of aromatic nitrogens is 2. The van der Waals surface area contributed by atoms with E-state index in [2.05, 4.69) is 16.1 Å². The second kappa shape index (κ2) is 8.01. The van der Waals surface area contributed by atoms with Crippen molar-refractivity contribution in [3.63, 3.8) is 0 Å². The molecule has 0 saturated carbocycles. The van der Waals surface area contributed by atoms with Crippen molar-refractivity contribution >= 4 is 22.9 Å². The number of pyridine rings is 1. The standard InChI is InChI=1S/C23H21FN4OS/c24-18-6-4-17(5-7-18)20-8-9-21(30-20)23(29)27-13-11-26(12-14-27)15-19-16-28-10-2-1-3-22(28)25-19/h1-10,16H,11-15H2. The maximum atomic E-state index is 13.1. The van der Waals surface area contributed by atoms with Gasteiger partial charge in [-0.3, -0.25) is 9.69 Å². The topological polar surface area (TPSA) is 40.9 Å². The molecule has 5 nitrogen and oxygen atoms in total. The van der Waals surface area contributed by atoms with Gasteiger partial charge < -0.3 is 9.30 Å². The molecule has 1 amide bonds. The lowest BCUT2D eigenvalue weighted by Crippen LogP contribution is -2.48. The van der Waals surface area contributed by atoms with Crippen LogP contribution in [0.15, 0.2) is 67.0 Å². The summed E-state index contributed by atoms with van der Waals surface area (Å²) >= 11 is 1.46. The summed E-state index contributed by atoms with van der Waals surface area (Å²) in [4.78, 5) is 23.5. The fourth-order valence-corrected chi connectivity index (χ4v) is 4.76. The van der Waals surface area contributed by atoms with Crippen LogP contribution < -0.4 is 0 Å². The van der Waals surface area contributed by atoms with Crippen LogP contribution in [0.25, 0.3) is 16.1 Å². The summed E-state index contributed by atoms with van der Waals surface area (Å²) in [6.45, 7) is 3.86. The summed E-state index contributed by atoms with van der Waals surface area (Å²) in [5.41, 5.74) is 2.93. The van der Waals surface area contributed by atoms with Gasteiger partial charge in [0.15, 0.2) is 0 Å². The van der Waals surface area contributed by atoms with Gasteiger partial charge in [0, 0.05) is 50.0 Å². The Labute approximate surface area is 178 Å². The van der Waals surface area contributed by atoms with Crippen LogP contribution >= 0.6 is 11.3 Å². The van der Waals surface area contributed by atoms with Gasteiger partial charge in [-0.05, 0) is 42.0 Å². The van der Waals surface area contributed by atoms with Crippen molar-refractivity contribution in [2.45, 2.75) is 6.54 Å². The van der Waals surface area contributed by atoms with Crippen molar-refractivity contribution in [3.8, 4) is 10.4 Å². The molecule has 3 aromatic heterocycles. The third kappa shape index (κ3) is 3.86. The van der Waals surface area contributed by atoms with Crippen molar-refractivity contribution in [3.05, 3.63) is 83.4 Å². The van der Waals surface area contributed by atoms with E-state index in [0.717, 1.165) is 46.3 Å². The number of imidazole rings is 1. The number of hydrogen-bond donors (Lipinski definition) is 0. The van der Waals surface area contributed by atoms with Gasteiger partial charge in [0.25, 0.3) is 5.91 Å². The molecule has 4 aromatic rings. The smallest absolute Gasteiger partial charge is 0.264 e. The van der Waals surface area contributed by atoms with Gasteiger partial charge in [0.1, 0.15) is 11.5 Å². The monoisotopic (exact) mass is 420 g/mol. The minimum absolute atomic E-state index is 0.0701. The van der Waals surface area contributed by atoms with E-state index < -0.39 is 0 Å². The van der Waals surface area contributed by atoms with E-state index in [9.17, 15) is 9.18 Å². The molecule has 0 radical (unpaired) electrons. The maximum Gasteiger partial charge on any atom is 0.264 e. The van der Waals surface area contributed by atoms with Gasteiger partial charge in [0.2, 0.25) is 0 Å². The summed E-state index contributed by atoms with van der Waals surface area (Å²) in [6, 6.07) is 16.2. The predicted octanol–water partition coefficient (Wildman–Crippen LogP) is 4.16. The van der Waals surface area contributed by atoms with Gasteiger partial charge >= 0.3 is 0 Å². The molecule has 5 rings (SSSR count). The van der Waals surface area contributed by atoms with Crippen molar-refractivity contribution in [1.82, 2.24) is 19.2 Å². The Morgan fingerprint density at radius 2 is 1.80 bits per heavy atom. The van der Waals surface area contributed by atoms with E-state index in [4.69, 9.17) is 0 Å². The summed E-state index contributed by atoms with van der Waals surface area (Å²) in [6.07, 6.45) is 4.07. The number of nitrogens with zero attached hydrogens (tertiary/aromatic N) is 4. The molecular weight excluding hydrogens is 399 g/mol. The Hall–Kier alpha value is -3.03. The zero-order valence-electron chi connectivity index (χ0n) is 16.4. The average Bonchev–Trinajstić information content (AvgIpc) is 3.41. The molecule has 0 aliphatic carbocycles. The summed E-state index contributed by atoms with van der Waals surface area (Å²) < 4.78 is 15.2. The Morgan fingerprint density at radius 1 is 1.00 bits per heavy atom. The predicted molar refractivity (Wildman–Crippen MR) is 116 cm³/mol.